The monoisotopic (exact) mass is 393 g/mol. The third-order valence-electron chi connectivity index (χ3n) is 4.19. The van der Waals surface area contributed by atoms with E-state index in [0.717, 1.165) is 5.56 Å². The largest absolute Gasteiger partial charge is 0.465 e. The van der Waals surface area contributed by atoms with Crippen LogP contribution < -0.4 is 10.6 Å². The van der Waals surface area contributed by atoms with Crippen molar-refractivity contribution in [3.05, 3.63) is 89.5 Å². The number of amides is 1. The van der Waals surface area contributed by atoms with Gasteiger partial charge >= 0.3 is 5.97 Å². The lowest BCUT2D eigenvalue weighted by molar-refractivity contribution is 0.0600. The Morgan fingerprint density at radius 3 is 2.52 bits per heavy atom. The number of halogens is 1. The standard InChI is InChI=1S/C22H20FN3O3/c1-29-22(28)16-3-2-4-19(11-16)26-20-12-17(13-24-14-20)21(27)25-10-9-15-5-7-18(23)8-6-15/h2-8,11-14,26H,9-10H2,1H3,(H,25,27). The Balaban J connectivity index is 1.60. The molecule has 0 fully saturated rings. The molecule has 2 aromatic carbocycles. The number of ether oxygens (including phenoxy) is 1. The maximum absolute atomic E-state index is 12.9. The van der Waals surface area contributed by atoms with Gasteiger partial charge in [-0.3, -0.25) is 9.78 Å². The summed E-state index contributed by atoms with van der Waals surface area (Å²) in [6, 6.07) is 14.7. The minimum absolute atomic E-state index is 0.258. The minimum atomic E-state index is -0.430. The molecule has 1 heterocycles. The number of carbonyl (C=O) groups excluding carboxylic acids is 2. The van der Waals surface area contributed by atoms with Gasteiger partial charge < -0.3 is 15.4 Å². The molecule has 0 saturated carbocycles. The summed E-state index contributed by atoms with van der Waals surface area (Å²) in [5.74, 6) is -0.974. The molecule has 0 unspecified atom stereocenters. The molecule has 0 atom stereocenters. The van der Waals surface area contributed by atoms with E-state index in [1.54, 1.807) is 48.7 Å². The Morgan fingerprint density at radius 2 is 1.76 bits per heavy atom. The average Bonchev–Trinajstić information content (AvgIpc) is 2.75. The number of carbonyl (C=O) groups is 2. The third kappa shape index (κ3) is 5.62. The Bertz CT molecular complexity index is 1010. The van der Waals surface area contributed by atoms with Crippen LogP contribution in [-0.4, -0.2) is 30.5 Å². The number of hydrogen-bond donors (Lipinski definition) is 2. The first-order chi connectivity index (χ1) is 14.0. The molecule has 1 amide bonds. The molecular weight excluding hydrogens is 373 g/mol. The van der Waals surface area contributed by atoms with Gasteiger partial charge in [-0.05, 0) is 48.4 Å². The molecule has 29 heavy (non-hydrogen) atoms. The number of aromatic nitrogens is 1. The number of pyridine rings is 1. The lowest BCUT2D eigenvalue weighted by Gasteiger charge is -2.10. The lowest BCUT2D eigenvalue weighted by atomic mass is 10.1. The van der Waals surface area contributed by atoms with Crippen molar-refractivity contribution in [1.29, 1.82) is 0 Å². The molecule has 3 rings (SSSR count). The zero-order chi connectivity index (χ0) is 20.6. The van der Waals surface area contributed by atoms with Crippen LogP contribution in [0.1, 0.15) is 26.3 Å². The van der Waals surface area contributed by atoms with E-state index in [4.69, 9.17) is 4.74 Å². The number of nitrogens with one attached hydrogen (secondary N) is 2. The van der Waals surface area contributed by atoms with Crippen molar-refractivity contribution >= 4 is 23.3 Å². The summed E-state index contributed by atoms with van der Waals surface area (Å²) in [6.45, 7) is 0.420. The maximum atomic E-state index is 12.9. The number of esters is 1. The van der Waals surface area contributed by atoms with Crippen LogP contribution in [0.3, 0.4) is 0 Å². The quantitative estimate of drug-likeness (QED) is 0.598. The predicted octanol–water partition coefficient (Wildman–Crippen LogP) is 3.72. The van der Waals surface area contributed by atoms with Crippen molar-refractivity contribution in [3.63, 3.8) is 0 Å². The molecule has 3 aromatic rings. The van der Waals surface area contributed by atoms with E-state index in [-0.39, 0.29) is 11.7 Å². The van der Waals surface area contributed by atoms with Crippen LogP contribution >= 0.6 is 0 Å². The van der Waals surface area contributed by atoms with Crippen LogP contribution in [0.4, 0.5) is 15.8 Å². The normalized spacial score (nSPS) is 10.3. The summed E-state index contributed by atoms with van der Waals surface area (Å²) < 4.78 is 17.6. The van der Waals surface area contributed by atoms with Crippen molar-refractivity contribution in [2.75, 3.05) is 19.0 Å². The Kier molecular flexibility index (Phi) is 6.52. The Morgan fingerprint density at radius 1 is 1.00 bits per heavy atom. The SMILES string of the molecule is COC(=O)c1cccc(Nc2cncc(C(=O)NCCc3ccc(F)cc3)c2)c1. The van der Waals surface area contributed by atoms with Gasteiger partial charge in [-0.1, -0.05) is 18.2 Å². The molecule has 7 heteroatoms. The van der Waals surface area contributed by atoms with Crippen LogP contribution in [0.15, 0.2) is 67.0 Å². The van der Waals surface area contributed by atoms with Crippen LogP contribution in [0.5, 0.6) is 0 Å². The zero-order valence-corrected chi connectivity index (χ0v) is 15.8. The van der Waals surface area contributed by atoms with Crippen molar-refractivity contribution in [1.82, 2.24) is 10.3 Å². The molecule has 0 saturated heterocycles. The second kappa shape index (κ2) is 9.45. The molecule has 0 radical (unpaired) electrons. The van der Waals surface area contributed by atoms with Crippen LogP contribution in [0, 0.1) is 5.82 Å². The number of rotatable bonds is 7. The number of hydrogen-bond acceptors (Lipinski definition) is 5. The molecule has 2 N–H and O–H groups in total. The number of methoxy groups -OCH3 is 1. The topological polar surface area (TPSA) is 80.3 Å². The summed E-state index contributed by atoms with van der Waals surface area (Å²) in [5.41, 5.74) is 3.03. The lowest BCUT2D eigenvalue weighted by Crippen LogP contribution is -2.25. The van der Waals surface area contributed by atoms with Gasteiger partial charge in [0.15, 0.2) is 0 Å². The van der Waals surface area contributed by atoms with Gasteiger partial charge in [-0.15, -0.1) is 0 Å². The highest BCUT2D eigenvalue weighted by Crippen LogP contribution is 2.18. The highest BCUT2D eigenvalue weighted by atomic mass is 19.1. The maximum Gasteiger partial charge on any atom is 0.337 e. The summed E-state index contributed by atoms with van der Waals surface area (Å²) in [5, 5.41) is 5.94. The van der Waals surface area contributed by atoms with E-state index in [2.05, 4.69) is 15.6 Å². The average molecular weight is 393 g/mol. The van der Waals surface area contributed by atoms with E-state index in [1.165, 1.54) is 25.4 Å². The van der Waals surface area contributed by atoms with E-state index >= 15 is 0 Å². The van der Waals surface area contributed by atoms with Crippen molar-refractivity contribution in [3.8, 4) is 0 Å². The first kappa shape index (κ1) is 20.0. The fourth-order valence-corrected chi connectivity index (χ4v) is 2.71. The van der Waals surface area contributed by atoms with Gasteiger partial charge in [-0.2, -0.15) is 0 Å². The van der Waals surface area contributed by atoms with Gasteiger partial charge in [-0.25, -0.2) is 9.18 Å². The molecule has 0 spiro atoms. The first-order valence-corrected chi connectivity index (χ1v) is 8.98. The van der Waals surface area contributed by atoms with Crippen LogP contribution in [0.2, 0.25) is 0 Å². The smallest absolute Gasteiger partial charge is 0.337 e. The molecule has 0 bridgehead atoms. The van der Waals surface area contributed by atoms with Gasteiger partial charge in [0.05, 0.1) is 30.1 Å². The number of benzene rings is 2. The van der Waals surface area contributed by atoms with Gasteiger partial charge in [0, 0.05) is 18.4 Å². The van der Waals surface area contributed by atoms with Gasteiger partial charge in [0.1, 0.15) is 5.82 Å². The van der Waals surface area contributed by atoms with E-state index in [0.29, 0.717) is 35.5 Å². The van der Waals surface area contributed by atoms with Crippen LogP contribution in [-0.2, 0) is 11.2 Å². The van der Waals surface area contributed by atoms with Crippen molar-refractivity contribution in [2.24, 2.45) is 0 Å². The zero-order valence-electron chi connectivity index (χ0n) is 15.8. The molecular formula is C22H20FN3O3. The third-order valence-corrected chi connectivity index (χ3v) is 4.19. The number of anilines is 2. The summed E-state index contributed by atoms with van der Waals surface area (Å²) in [4.78, 5) is 28.1. The van der Waals surface area contributed by atoms with Crippen molar-refractivity contribution < 1.29 is 18.7 Å². The molecule has 0 aliphatic rings. The Hall–Kier alpha value is -3.74. The number of nitrogens with zero attached hydrogens (tertiary/aromatic N) is 1. The fraction of sp³-hybridized carbons (Fsp3) is 0.136. The molecule has 1 aromatic heterocycles. The van der Waals surface area contributed by atoms with Crippen molar-refractivity contribution in [2.45, 2.75) is 6.42 Å². The summed E-state index contributed by atoms with van der Waals surface area (Å²) in [7, 11) is 1.32. The second-order valence-corrected chi connectivity index (χ2v) is 6.29. The van der Waals surface area contributed by atoms with E-state index < -0.39 is 5.97 Å². The molecule has 6 nitrogen and oxygen atoms in total. The highest BCUT2D eigenvalue weighted by Gasteiger charge is 2.09. The second-order valence-electron chi connectivity index (χ2n) is 6.29. The minimum Gasteiger partial charge on any atom is -0.465 e. The highest BCUT2D eigenvalue weighted by molar-refractivity contribution is 5.95. The van der Waals surface area contributed by atoms with E-state index in [1.807, 2.05) is 0 Å². The van der Waals surface area contributed by atoms with E-state index in [9.17, 15) is 14.0 Å². The molecule has 0 aliphatic heterocycles. The molecule has 148 valence electrons. The first-order valence-electron chi connectivity index (χ1n) is 8.98. The summed E-state index contributed by atoms with van der Waals surface area (Å²) in [6.07, 6.45) is 3.65. The predicted molar refractivity (Wildman–Crippen MR) is 108 cm³/mol. The van der Waals surface area contributed by atoms with Gasteiger partial charge in [0.25, 0.3) is 5.91 Å². The summed E-state index contributed by atoms with van der Waals surface area (Å²) >= 11 is 0. The molecule has 0 aliphatic carbocycles. The fourth-order valence-electron chi connectivity index (χ4n) is 2.71. The van der Waals surface area contributed by atoms with Crippen LogP contribution in [0.25, 0.3) is 0 Å². The Labute approximate surface area is 167 Å². The van der Waals surface area contributed by atoms with Gasteiger partial charge in [0.2, 0.25) is 0 Å².